The van der Waals surface area contributed by atoms with E-state index in [2.05, 4.69) is 15.3 Å². The molecule has 1 amide bonds. The third kappa shape index (κ3) is 3.15. The van der Waals surface area contributed by atoms with Gasteiger partial charge in [0.2, 0.25) is 5.88 Å². The molecule has 3 aromatic rings. The van der Waals surface area contributed by atoms with Crippen LogP contribution in [0.4, 0.5) is 10.5 Å². The molecule has 112 valence electrons. The molecule has 1 aromatic carbocycles. The number of nitrogens with zero attached hydrogens (tertiary/aromatic N) is 2. The number of carbonyl (C=O) groups is 1. The van der Waals surface area contributed by atoms with E-state index in [0.29, 0.717) is 18.2 Å². The topological polar surface area (TPSA) is 84.3 Å². The molecular formula is C15H13N3O3S. The molecule has 0 spiro atoms. The molecule has 0 atom stereocenters. The SMILES string of the molecule is Cc1cc(OCc2nc3ccccc3s2)ncc1NC(=O)O. The van der Waals surface area contributed by atoms with Crippen molar-refractivity contribution in [2.75, 3.05) is 5.32 Å². The van der Waals surface area contributed by atoms with Crippen molar-refractivity contribution in [2.24, 2.45) is 0 Å². The first kappa shape index (κ1) is 14.3. The fourth-order valence-corrected chi connectivity index (χ4v) is 2.85. The van der Waals surface area contributed by atoms with Gasteiger partial charge < -0.3 is 9.84 Å². The number of nitrogens with one attached hydrogen (secondary N) is 1. The number of hydrogen-bond acceptors (Lipinski definition) is 5. The summed E-state index contributed by atoms with van der Waals surface area (Å²) in [5.41, 5.74) is 2.15. The minimum Gasteiger partial charge on any atom is -0.470 e. The second kappa shape index (κ2) is 5.98. The standard InChI is InChI=1S/C15H13N3O3S/c1-9-6-13(16-7-11(9)18-15(19)20)21-8-14-17-10-4-2-3-5-12(10)22-14/h2-7,18H,8H2,1H3,(H,19,20). The van der Waals surface area contributed by atoms with Crippen molar-refractivity contribution in [1.82, 2.24) is 9.97 Å². The van der Waals surface area contributed by atoms with E-state index in [-0.39, 0.29) is 0 Å². The molecule has 22 heavy (non-hydrogen) atoms. The summed E-state index contributed by atoms with van der Waals surface area (Å²) < 4.78 is 6.74. The van der Waals surface area contributed by atoms with Crippen LogP contribution in [-0.4, -0.2) is 21.2 Å². The highest BCUT2D eigenvalue weighted by atomic mass is 32.1. The fourth-order valence-electron chi connectivity index (χ4n) is 1.97. The number of rotatable bonds is 4. The summed E-state index contributed by atoms with van der Waals surface area (Å²) in [5, 5.41) is 11.9. The second-order valence-electron chi connectivity index (χ2n) is 4.63. The highest BCUT2D eigenvalue weighted by Crippen LogP contribution is 2.23. The van der Waals surface area contributed by atoms with Crippen LogP contribution in [0.1, 0.15) is 10.6 Å². The van der Waals surface area contributed by atoms with Crippen LogP contribution in [0.25, 0.3) is 10.2 Å². The summed E-state index contributed by atoms with van der Waals surface area (Å²) in [6, 6.07) is 9.60. The first-order valence-corrected chi connectivity index (χ1v) is 7.37. The minimum atomic E-state index is -1.12. The van der Waals surface area contributed by atoms with Crippen molar-refractivity contribution in [3.05, 3.63) is 47.1 Å². The number of benzene rings is 1. The predicted octanol–water partition coefficient (Wildman–Crippen LogP) is 3.67. The van der Waals surface area contributed by atoms with Crippen molar-refractivity contribution >= 4 is 33.3 Å². The highest BCUT2D eigenvalue weighted by Gasteiger charge is 2.07. The zero-order chi connectivity index (χ0) is 15.5. The van der Waals surface area contributed by atoms with Gasteiger partial charge in [-0.15, -0.1) is 11.3 Å². The van der Waals surface area contributed by atoms with Gasteiger partial charge in [0.1, 0.15) is 11.6 Å². The Morgan fingerprint density at radius 3 is 2.95 bits per heavy atom. The van der Waals surface area contributed by atoms with Crippen molar-refractivity contribution < 1.29 is 14.6 Å². The van der Waals surface area contributed by atoms with Gasteiger partial charge in [0.05, 0.1) is 22.1 Å². The van der Waals surface area contributed by atoms with E-state index in [1.807, 2.05) is 24.3 Å². The van der Waals surface area contributed by atoms with Gasteiger partial charge in [0, 0.05) is 6.07 Å². The Kier molecular flexibility index (Phi) is 3.88. The van der Waals surface area contributed by atoms with Crippen LogP contribution < -0.4 is 10.1 Å². The summed E-state index contributed by atoms with van der Waals surface area (Å²) in [7, 11) is 0. The Balaban J connectivity index is 1.70. The molecular weight excluding hydrogens is 302 g/mol. The lowest BCUT2D eigenvalue weighted by Crippen LogP contribution is -2.09. The molecule has 7 heteroatoms. The maximum absolute atomic E-state index is 10.6. The molecule has 0 saturated carbocycles. The minimum absolute atomic E-state index is 0.331. The molecule has 0 fully saturated rings. The third-order valence-electron chi connectivity index (χ3n) is 3.01. The number of aromatic nitrogens is 2. The zero-order valence-corrected chi connectivity index (χ0v) is 12.6. The van der Waals surface area contributed by atoms with Gasteiger partial charge >= 0.3 is 6.09 Å². The molecule has 0 aliphatic heterocycles. The first-order chi connectivity index (χ1) is 10.6. The number of ether oxygens (including phenoxy) is 1. The molecule has 3 rings (SSSR count). The number of anilines is 1. The smallest absolute Gasteiger partial charge is 0.409 e. The fraction of sp³-hybridized carbons (Fsp3) is 0.133. The third-order valence-corrected chi connectivity index (χ3v) is 4.02. The molecule has 0 bridgehead atoms. The van der Waals surface area contributed by atoms with E-state index in [4.69, 9.17) is 9.84 Å². The van der Waals surface area contributed by atoms with Gasteiger partial charge in [-0.1, -0.05) is 12.1 Å². The van der Waals surface area contributed by atoms with E-state index >= 15 is 0 Å². The molecule has 0 aliphatic rings. The van der Waals surface area contributed by atoms with Gasteiger partial charge in [0.15, 0.2) is 0 Å². The molecule has 0 unspecified atom stereocenters. The van der Waals surface area contributed by atoms with E-state index in [1.165, 1.54) is 6.20 Å². The van der Waals surface area contributed by atoms with Crippen LogP contribution in [-0.2, 0) is 6.61 Å². The average Bonchev–Trinajstić information content (AvgIpc) is 2.90. The number of aryl methyl sites for hydroxylation is 1. The monoisotopic (exact) mass is 315 g/mol. The molecule has 0 radical (unpaired) electrons. The van der Waals surface area contributed by atoms with E-state index in [1.54, 1.807) is 24.3 Å². The zero-order valence-electron chi connectivity index (χ0n) is 11.7. The lowest BCUT2D eigenvalue weighted by atomic mass is 10.2. The number of carboxylic acid groups (broad SMARTS) is 1. The van der Waals surface area contributed by atoms with Crippen LogP contribution >= 0.6 is 11.3 Å². The van der Waals surface area contributed by atoms with E-state index in [0.717, 1.165) is 20.8 Å². The Morgan fingerprint density at radius 1 is 1.41 bits per heavy atom. The van der Waals surface area contributed by atoms with E-state index in [9.17, 15) is 4.79 Å². The Hall–Kier alpha value is -2.67. The molecule has 6 nitrogen and oxygen atoms in total. The van der Waals surface area contributed by atoms with Gasteiger partial charge in [-0.05, 0) is 24.6 Å². The number of fused-ring (bicyclic) bond motifs is 1. The summed E-state index contributed by atoms with van der Waals surface area (Å²) in [5.74, 6) is 0.438. The largest absolute Gasteiger partial charge is 0.470 e. The Bertz CT molecular complexity index is 799. The number of thiazole rings is 1. The van der Waals surface area contributed by atoms with Crippen LogP contribution in [0.2, 0.25) is 0 Å². The molecule has 0 saturated heterocycles. The Morgan fingerprint density at radius 2 is 2.23 bits per heavy atom. The van der Waals surface area contributed by atoms with Gasteiger partial charge in [0.25, 0.3) is 0 Å². The first-order valence-electron chi connectivity index (χ1n) is 6.55. The van der Waals surface area contributed by atoms with E-state index < -0.39 is 6.09 Å². The van der Waals surface area contributed by atoms with Crippen LogP contribution in [0.5, 0.6) is 5.88 Å². The maximum atomic E-state index is 10.6. The van der Waals surface area contributed by atoms with Gasteiger partial charge in [-0.25, -0.2) is 14.8 Å². The van der Waals surface area contributed by atoms with Gasteiger partial charge in [-0.3, -0.25) is 5.32 Å². The van der Waals surface area contributed by atoms with Crippen LogP contribution in [0, 0.1) is 6.92 Å². The lowest BCUT2D eigenvalue weighted by molar-refractivity contribution is 0.209. The average molecular weight is 315 g/mol. The van der Waals surface area contributed by atoms with Crippen LogP contribution in [0.3, 0.4) is 0 Å². The number of pyridine rings is 1. The summed E-state index contributed by atoms with van der Waals surface area (Å²) in [4.78, 5) is 19.2. The van der Waals surface area contributed by atoms with Gasteiger partial charge in [-0.2, -0.15) is 0 Å². The molecule has 2 N–H and O–H groups in total. The normalized spacial score (nSPS) is 10.6. The number of hydrogen-bond donors (Lipinski definition) is 2. The summed E-state index contributed by atoms with van der Waals surface area (Å²) in [6.07, 6.45) is 0.324. The maximum Gasteiger partial charge on any atom is 0.409 e. The molecule has 2 heterocycles. The second-order valence-corrected chi connectivity index (χ2v) is 5.75. The van der Waals surface area contributed by atoms with Crippen LogP contribution in [0.15, 0.2) is 36.5 Å². The van der Waals surface area contributed by atoms with Crippen molar-refractivity contribution in [1.29, 1.82) is 0 Å². The lowest BCUT2D eigenvalue weighted by Gasteiger charge is -2.07. The van der Waals surface area contributed by atoms with Crippen molar-refractivity contribution in [2.45, 2.75) is 13.5 Å². The highest BCUT2D eigenvalue weighted by molar-refractivity contribution is 7.18. The quantitative estimate of drug-likeness (QED) is 0.767. The van der Waals surface area contributed by atoms with Crippen molar-refractivity contribution in [3.63, 3.8) is 0 Å². The summed E-state index contributed by atoms with van der Waals surface area (Å²) >= 11 is 1.58. The number of para-hydroxylation sites is 1. The Labute approximate surface area is 130 Å². The predicted molar refractivity (Wildman–Crippen MR) is 84.6 cm³/mol. The molecule has 0 aliphatic carbocycles. The number of amides is 1. The summed E-state index contributed by atoms with van der Waals surface area (Å²) in [6.45, 7) is 2.12. The van der Waals surface area contributed by atoms with Crippen molar-refractivity contribution in [3.8, 4) is 5.88 Å². The molecule has 2 aromatic heterocycles.